The molecular weight excluding hydrogens is 430 g/mol. The van der Waals surface area contributed by atoms with Crippen molar-refractivity contribution >= 4 is 34.4 Å². The molecule has 0 unspecified atom stereocenters. The first-order valence-electron chi connectivity index (χ1n) is 9.87. The van der Waals surface area contributed by atoms with E-state index in [4.69, 9.17) is 14.2 Å². The maximum Gasteiger partial charge on any atom is 0.311 e. The standard InChI is InChI=1S/C23H23N3O5S/c1-3-30-22(28)12-18-15-32-23(25-18)26-24-13-16-9-10-20(21(11-16)29-2)31-14-19(27)17-7-5-4-6-8-17/h4-11,13,15H,3,12,14H2,1-2H3,(H,25,26). The molecule has 2 aromatic carbocycles. The molecule has 166 valence electrons. The van der Waals surface area contributed by atoms with Crippen LogP contribution in [0.3, 0.4) is 0 Å². The van der Waals surface area contributed by atoms with Crippen LogP contribution in [0.15, 0.2) is 59.0 Å². The molecule has 1 N–H and O–H groups in total. The van der Waals surface area contributed by atoms with E-state index < -0.39 is 0 Å². The molecule has 3 aromatic rings. The minimum absolute atomic E-state index is 0.0897. The summed E-state index contributed by atoms with van der Waals surface area (Å²) >= 11 is 1.34. The molecule has 0 amide bonds. The highest BCUT2D eigenvalue weighted by atomic mass is 32.1. The van der Waals surface area contributed by atoms with E-state index in [9.17, 15) is 9.59 Å². The van der Waals surface area contributed by atoms with Crippen molar-refractivity contribution in [1.82, 2.24) is 4.98 Å². The lowest BCUT2D eigenvalue weighted by atomic mass is 10.1. The van der Waals surface area contributed by atoms with Gasteiger partial charge in [0.2, 0.25) is 5.13 Å². The van der Waals surface area contributed by atoms with Gasteiger partial charge in [-0.1, -0.05) is 30.3 Å². The number of anilines is 1. The molecule has 0 saturated carbocycles. The van der Waals surface area contributed by atoms with Gasteiger partial charge in [0.05, 0.1) is 32.0 Å². The van der Waals surface area contributed by atoms with Crippen LogP contribution in [-0.4, -0.2) is 43.3 Å². The lowest BCUT2D eigenvalue weighted by Crippen LogP contribution is -2.12. The van der Waals surface area contributed by atoms with E-state index in [-0.39, 0.29) is 24.8 Å². The molecule has 0 radical (unpaired) electrons. The summed E-state index contributed by atoms with van der Waals surface area (Å²) in [6.07, 6.45) is 1.73. The summed E-state index contributed by atoms with van der Waals surface area (Å²) in [4.78, 5) is 28.0. The van der Waals surface area contributed by atoms with Gasteiger partial charge in [-0.25, -0.2) is 4.98 Å². The maximum absolute atomic E-state index is 12.2. The Morgan fingerprint density at radius 1 is 1.16 bits per heavy atom. The SMILES string of the molecule is CCOC(=O)Cc1csc(NN=Cc2ccc(OCC(=O)c3ccccc3)c(OC)c2)n1. The summed E-state index contributed by atoms with van der Waals surface area (Å²) in [6.45, 7) is 2.01. The van der Waals surface area contributed by atoms with Crippen LogP contribution in [0.2, 0.25) is 0 Å². The molecule has 3 rings (SSSR count). The van der Waals surface area contributed by atoms with Gasteiger partial charge >= 0.3 is 5.97 Å². The average Bonchev–Trinajstić information content (AvgIpc) is 3.25. The monoisotopic (exact) mass is 453 g/mol. The van der Waals surface area contributed by atoms with Crippen molar-refractivity contribution in [3.8, 4) is 11.5 Å². The number of nitrogens with zero attached hydrogens (tertiary/aromatic N) is 2. The molecule has 0 bridgehead atoms. The Kier molecular flexibility index (Phi) is 8.33. The minimum Gasteiger partial charge on any atom is -0.493 e. The Morgan fingerprint density at radius 2 is 1.97 bits per heavy atom. The third-order valence-electron chi connectivity index (χ3n) is 4.20. The normalized spacial score (nSPS) is 10.7. The molecule has 0 aliphatic rings. The fourth-order valence-electron chi connectivity index (χ4n) is 2.70. The van der Waals surface area contributed by atoms with Gasteiger partial charge < -0.3 is 14.2 Å². The van der Waals surface area contributed by atoms with Gasteiger partial charge in [0.15, 0.2) is 23.9 Å². The van der Waals surface area contributed by atoms with Crippen molar-refractivity contribution in [3.05, 3.63) is 70.7 Å². The lowest BCUT2D eigenvalue weighted by molar-refractivity contribution is -0.142. The van der Waals surface area contributed by atoms with Gasteiger partial charge in [-0.2, -0.15) is 5.10 Å². The third-order valence-corrected chi connectivity index (χ3v) is 4.99. The van der Waals surface area contributed by atoms with Crippen LogP contribution in [-0.2, 0) is 16.0 Å². The lowest BCUT2D eigenvalue weighted by Gasteiger charge is -2.10. The molecule has 9 heteroatoms. The van der Waals surface area contributed by atoms with Crippen LogP contribution < -0.4 is 14.9 Å². The molecule has 0 saturated heterocycles. The summed E-state index contributed by atoms with van der Waals surface area (Å²) in [5.74, 6) is 0.521. The van der Waals surface area contributed by atoms with Crippen LogP contribution in [0.4, 0.5) is 5.13 Å². The molecule has 0 atom stereocenters. The van der Waals surface area contributed by atoms with Gasteiger partial charge in [-0.15, -0.1) is 11.3 Å². The second-order valence-corrected chi connectivity index (χ2v) is 7.34. The number of carbonyl (C=O) groups excluding carboxylic acids is 2. The number of hydrogen-bond acceptors (Lipinski definition) is 9. The van der Waals surface area contributed by atoms with Crippen molar-refractivity contribution in [1.29, 1.82) is 0 Å². The van der Waals surface area contributed by atoms with Crippen LogP contribution in [0.25, 0.3) is 0 Å². The zero-order valence-electron chi connectivity index (χ0n) is 17.7. The molecule has 0 aliphatic carbocycles. The Hall–Kier alpha value is -3.72. The van der Waals surface area contributed by atoms with E-state index in [1.54, 1.807) is 48.9 Å². The van der Waals surface area contributed by atoms with Crippen molar-refractivity contribution in [2.45, 2.75) is 13.3 Å². The third kappa shape index (κ3) is 6.64. The van der Waals surface area contributed by atoms with E-state index >= 15 is 0 Å². The van der Waals surface area contributed by atoms with Crippen LogP contribution >= 0.6 is 11.3 Å². The van der Waals surface area contributed by atoms with Crippen molar-refractivity contribution in [3.63, 3.8) is 0 Å². The van der Waals surface area contributed by atoms with Crippen molar-refractivity contribution in [2.24, 2.45) is 5.10 Å². The number of nitrogens with one attached hydrogen (secondary N) is 1. The second kappa shape index (κ2) is 11.6. The van der Waals surface area contributed by atoms with E-state index in [0.717, 1.165) is 5.56 Å². The van der Waals surface area contributed by atoms with Gasteiger partial charge in [0, 0.05) is 10.9 Å². The molecule has 0 aliphatic heterocycles. The topological polar surface area (TPSA) is 99.1 Å². The van der Waals surface area contributed by atoms with Gasteiger partial charge in [0.1, 0.15) is 0 Å². The quantitative estimate of drug-likeness (QED) is 0.203. The predicted molar refractivity (Wildman–Crippen MR) is 123 cm³/mol. The number of thiazole rings is 1. The minimum atomic E-state index is -0.312. The molecule has 8 nitrogen and oxygen atoms in total. The highest BCUT2D eigenvalue weighted by Crippen LogP contribution is 2.28. The fourth-order valence-corrected chi connectivity index (χ4v) is 3.35. The number of methoxy groups -OCH3 is 1. The Labute approximate surface area is 189 Å². The predicted octanol–water partition coefficient (Wildman–Crippen LogP) is 3.97. The molecule has 32 heavy (non-hydrogen) atoms. The molecular formula is C23H23N3O5S. The van der Waals surface area contributed by atoms with E-state index in [1.807, 2.05) is 18.2 Å². The number of esters is 1. The Bertz CT molecular complexity index is 1080. The first-order chi connectivity index (χ1) is 15.6. The summed E-state index contributed by atoms with van der Waals surface area (Å²) in [5, 5.41) is 6.51. The fraction of sp³-hybridized carbons (Fsp3) is 0.217. The number of carbonyl (C=O) groups is 2. The number of benzene rings is 2. The highest BCUT2D eigenvalue weighted by Gasteiger charge is 2.10. The maximum atomic E-state index is 12.2. The van der Waals surface area contributed by atoms with Crippen LogP contribution in [0.5, 0.6) is 11.5 Å². The van der Waals surface area contributed by atoms with E-state index in [1.165, 1.54) is 18.4 Å². The van der Waals surface area contributed by atoms with Gasteiger partial charge in [0.25, 0.3) is 0 Å². The van der Waals surface area contributed by atoms with Crippen molar-refractivity contribution in [2.75, 3.05) is 25.7 Å². The van der Waals surface area contributed by atoms with Crippen molar-refractivity contribution < 1.29 is 23.8 Å². The van der Waals surface area contributed by atoms with Crippen LogP contribution in [0, 0.1) is 0 Å². The zero-order chi connectivity index (χ0) is 22.8. The number of Topliss-reactive ketones (excluding diaryl/α,β-unsaturated/α-hetero) is 1. The number of rotatable bonds is 11. The summed E-state index contributed by atoms with van der Waals surface area (Å²) < 4.78 is 15.9. The first kappa shape index (κ1) is 23.0. The highest BCUT2D eigenvalue weighted by molar-refractivity contribution is 7.13. The molecule has 0 fully saturated rings. The number of hydrogen-bond donors (Lipinski definition) is 1. The summed E-state index contributed by atoms with van der Waals surface area (Å²) in [5.41, 5.74) is 4.82. The van der Waals surface area contributed by atoms with Gasteiger partial charge in [-0.05, 0) is 30.7 Å². The average molecular weight is 454 g/mol. The second-order valence-electron chi connectivity index (χ2n) is 6.48. The van der Waals surface area contributed by atoms with E-state index in [2.05, 4.69) is 15.5 Å². The summed E-state index contributed by atoms with van der Waals surface area (Å²) in [7, 11) is 1.53. The Morgan fingerprint density at radius 3 is 2.72 bits per heavy atom. The number of aromatic nitrogens is 1. The number of ketones is 1. The zero-order valence-corrected chi connectivity index (χ0v) is 18.6. The largest absolute Gasteiger partial charge is 0.493 e. The molecule has 1 aromatic heterocycles. The van der Waals surface area contributed by atoms with E-state index in [0.29, 0.717) is 34.5 Å². The molecule has 0 spiro atoms. The number of hydrazone groups is 1. The molecule has 1 heterocycles. The summed E-state index contributed by atoms with van der Waals surface area (Å²) in [6, 6.07) is 14.2. The van der Waals surface area contributed by atoms with Gasteiger partial charge in [-0.3, -0.25) is 15.0 Å². The Balaban J connectivity index is 1.56. The first-order valence-corrected chi connectivity index (χ1v) is 10.7. The smallest absolute Gasteiger partial charge is 0.311 e. The van der Waals surface area contributed by atoms with Crippen LogP contribution in [0.1, 0.15) is 28.5 Å². The number of ether oxygens (including phenoxy) is 3.